The average molecular weight is 422 g/mol. The largest absolute Gasteiger partial charge is 0.439 e. The molecule has 11 heteroatoms. The topological polar surface area (TPSA) is 110 Å². The molecule has 3 heterocycles. The molecule has 0 fully saturated rings. The predicted molar refractivity (Wildman–Crippen MR) is 101 cm³/mol. The van der Waals surface area contributed by atoms with E-state index in [0.717, 1.165) is 5.69 Å². The van der Waals surface area contributed by atoms with E-state index in [1.54, 1.807) is 19.1 Å². The number of rotatable bonds is 6. The van der Waals surface area contributed by atoms with Crippen LogP contribution < -0.4 is 0 Å². The molecule has 0 radical (unpaired) electrons. The molecule has 0 amide bonds. The maximum absolute atomic E-state index is 13.1. The van der Waals surface area contributed by atoms with Crippen LogP contribution in [0.2, 0.25) is 5.28 Å². The van der Waals surface area contributed by atoms with Gasteiger partial charge in [0.1, 0.15) is 17.8 Å². The Morgan fingerprint density at radius 1 is 1.31 bits per heavy atom. The monoisotopic (exact) mass is 421 g/mol. The van der Waals surface area contributed by atoms with Crippen molar-refractivity contribution in [3.63, 3.8) is 0 Å². The molecule has 152 valence electrons. The average Bonchev–Trinajstić information content (AvgIpc) is 3.28. The molecule has 0 unspecified atom stereocenters. The fraction of sp³-hybridized carbons (Fsp3) is 0.333. The van der Waals surface area contributed by atoms with E-state index >= 15 is 0 Å². The van der Waals surface area contributed by atoms with Crippen molar-refractivity contribution in [1.82, 2.24) is 19.4 Å². The van der Waals surface area contributed by atoms with E-state index < -0.39 is 10.5 Å². The number of halogens is 2. The van der Waals surface area contributed by atoms with E-state index in [4.69, 9.17) is 16.0 Å². The number of aliphatic hydroxyl groups is 1. The van der Waals surface area contributed by atoms with Gasteiger partial charge in [0.15, 0.2) is 0 Å². The molecule has 0 saturated heterocycles. The fourth-order valence-electron chi connectivity index (χ4n) is 3.41. The first-order valence-electron chi connectivity index (χ1n) is 8.76. The summed E-state index contributed by atoms with van der Waals surface area (Å²) >= 11 is 5.93. The van der Waals surface area contributed by atoms with Crippen LogP contribution in [0.25, 0.3) is 11.5 Å². The molecule has 1 aliphatic heterocycles. The molecule has 1 aliphatic rings. The molecular formula is C18H17ClFN5O4. The fourth-order valence-corrected chi connectivity index (χ4v) is 3.60. The van der Waals surface area contributed by atoms with E-state index in [1.165, 1.54) is 22.9 Å². The van der Waals surface area contributed by atoms with Crippen molar-refractivity contribution in [2.45, 2.75) is 32.2 Å². The SMILES string of the molecule is C[C@](O)(CN1Cc2nc(-c3ccc(F)cc3)oc2C1)Cn1cc([N+](=O)[O-])nc1Cl. The number of fused-ring (bicyclic) bond motifs is 1. The number of β-amino-alcohol motifs (C(OH)–C–C–N with tert-alkyl or cyclic N) is 1. The van der Waals surface area contributed by atoms with Gasteiger partial charge in [-0.1, -0.05) is 0 Å². The summed E-state index contributed by atoms with van der Waals surface area (Å²) in [7, 11) is 0. The maximum atomic E-state index is 13.1. The van der Waals surface area contributed by atoms with Crippen molar-refractivity contribution in [1.29, 1.82) is 0 Å². The van der Waals surface area contributed by atoms with Crippen LogP contribution in [0.15, 0.2) is 34.9 Å². The zero-order valence-electron chi connectivity index (χ0n) is 15.4. The highest BCUT2D eigenvalue weighted by Crippen LogP contribution is 2.30. The molecule has 29 heavy (non-hydrogen) atoms. The third kappa shape index (κ3) is 4.14. The van der Waals surface area contributed by atoms with Gasteiger partial charge < -0.3 is 19.6 Å². The van der Waals surface area contributed by atoms with E-state index in [0.29, 0.717) is 30.3 Å². The minimum absolute atomic E-state index is 0.0405. The molecule has 0 spiro atoms. The summed E-state index contributed by atoms with van der Waals surface area (Å²) < 4.78 is 20.2. The molecular weight excluding hydrogens is 405 g/mol. The summed E-state index contributed by atoms with van der Waals surface area (Å²) in [4.78, 5) is 20.3. The molecule has 0 aliphatic carbocycles. The smallest absolute Gasteiger partial charge is 0.383 e. The quantitative estimate of drug-likeness (QED) is 0.481. The lowest BCUT2D eigenvalue weighted by molar-refractivity contribution is -0.389. The Balaban J connectivity index is 1.41. The Labute approximate surface area is 169 Å². The van der Waals surface area contributed by atoms with Crippen LogP contribution in [0.5, 0.6) is 0 Å². The highest BCUT2D eigenvalue weighted by Gasteiger charge is 2.33. The van der Waals surface area contributed by atoms with Crippen LogP contribution in [0.4, 0.5) is 10.2 Å². The Bertz CT molecular complexity index is 1040. The second-order valence-corrected chi connectivity index (χ2v) is 7.63. The van der Waals surface area contributed by atoms with Gasteiger partial charge >= 0.3 is 11.1 Å². The Morgan fingerprint density at radius 2 is 2.03 bits per heavy atom. The second-order valence-electron chi connectivity index (χ2n) is 7.29. The van der Waals surface area contributed by atoms with Crippen LogP contribution in [0.1, 0.15) is 18.4 Å². The van der Waals surface area contributed by atoms with Gasteiger partial charge in [-0.3, -0.25) is 9.47 Å². The summed E-state index contributed by atoms with van der Waals surface area (Å²) in [5.74, 6) is 0.420. The van der Waals surface area contributed by atoms with Crippen molar-refractivity contribution < 1.29 is 18.8 Å². The molecule has 3 aromatic rings. The van der Waals surface area contributed by atoms with Crippen molar-refractivity contribution >= 4 is 17.4 Å². The van der Waals surface area contributed by atoms with Gasteiger partial charge in [0.05, 0.1) is 24.4 Å². The number of nitro groups is 1. The van der Waals surface area contributed by atoms with Gasteiger partial charge in [0.25, 0.3) is 0 Å². The molecule has 4 rings (SSSR count). The minimum Gasteiger partial charge on any atom is -0.439 e. The Kier molecular flexibility index (Phi) is 4.85. The zero-order valence-corrected chi connectivity index (χ0v) is 16.1. The lowest BCUT2D eigenvalue weighted by atomic mass is 10.1. The Hall–Kier alpha value is -2.82. The molecule has 0 saturated carbocycles. The van der Waals surface area contributed by atoms with Gasteiger partial charge in [0.2, 0.25) is 5.89 Å². The van der Waals surface area contributed by atoms with Gasteiger partial charge in [-0.25, -0.2) is 9.37 Å². The predicted octanol–water partition coefficient (Wildman–Crippen LogP) is 3.01. The molecule has 1 aromatic carbocycles. The standard InChI is InChI=1S/C18H17ClFN5O4/c1-18(26,10-24-8-15(25(27)28)22-17(24)19)9-23-6-13-14(7-23)29-16(21-13)11-2-4-12(20)5-3-11/h2-5,8,26H,6-7,9-10H2,1H3/t18-/m0/s1. The van der Waals surface area contributed by atoms with Crippen LogP contribution in [-0.4, -0.2) is 41.6 Å². The molecule has 9 nitrogen and oxygen atoms in total. The highest BCUT2D eigenvalue weighted by atomic mass is 35.5. The summed E-state index contributed by atoms with van der Waals surface area (Å²) in [5.41, 5.74) is 0.230. The Morgan fingerprint density at radius 3 is 2.66 bits per heavy atom. The lowest BCUT2D eigenvalue weighted by Gasteiger charge is -2.28. The first-order chi connectivity index (χ1) is 13.7. The molecule has 0 bridgehead atoms. The molecule has 1 atom stereocenters. The van der Waals surface area contributed by atoms with Crippen molar-refractivity contribution in [2.75, 3.05) is 6.54 Å². The second kappa shape index (κ2) is 7.21. The molecule has 1 N–H and O–H groups in total. The number of aromatic nitrogens is 3. The minimum atomic E-state index is -1.22. The van der Waals surface area contributed by atoms with E-state index in [9.17, 15) is 19.6 Å². The highest BCUT2D eigenvalue weighted by molar-refractivity contribution is 6.28. The summed E-state index contributed by atoms with van der Waals surface area (Å²) in [6.45, 7) is 2.87. The van der Waals surface area contributed by atoms with Gasteiger partial charge in [-0.05, 0) is 52.7 Å². The number of oxazole rings is 1. The van der Waals surface area contributed by atoms with Gasteiger partial charge in [0, 0.05) is 18.7 Å². The molecule has 2 aromatic heterocycles. The van der Waals surface area contributed by atoms with Crippen molar-refractivity contribution in [3.05, 3.63) is 63.1 Å². The zero-order chi connectivity index (χ0) is 20.8. The van der Waals surface area contributed by atoms with Crippen molar-refractivity contribution in [2.24, 2.45) is 0 Å². The van der Waals surface area contributed by atoms with Crippen molar-refractivity contribution in [3.8, 4) is 11.5 Å². The maximum Gasteiger partial charge on any atom is 0.383 e. The lowest BCUT2D eigenvalue weighted by Crippen LogP contribution is -2.42. The normalized spacial score (nSPS) is 16.0. The number of imidazole rings is 1. The van der Waals surface area contributed by atoms with Crippen LogP contribution in [0.3, 0.4) is 0 Å². The number of hydrogen-bond donors (Lipinski definition) is 1. The first kappa shape index (κ1) is 19.5. The van der Waals surface area contributed by atoms with Gasteiger partial charge in [-0.2, -0.15) is 0 Å². The number of benzene rings is 1. The van der Waals surface area contributed by atoms with Crippen LogP contribution >= 0.6 is 11.6 Å². The number of nitrogens with zero attached hydrogens (tertiary/aromatic N) is 5. The number of hydrogen-bond acceptors (Lipinski definition) is 7. The van der Waals surface area contributed by atoms with Gasteiger partial charge in [-0.15, -0.1) is 0 Å². The third-order valence-electron chi connectivity index (χ3n) is 4.59. The summed E-state index contributed by atoms with van der Waals surface area (Å²) in [6.07, 6.45) is 1.20. The van der Waals surface area contributed by atoms with Crippen LogP contribution in [0, 0.1) is 15.9 Å². The van der Waals surface area contributed by atoms with E-state index in [-0.39, 0.29) is 30.0 Å². The van der Waals surface area contributed by atoms with Crippen LogP contribution in [-0.2, 0) is 19.6 Å². The summed E-state index contributed by atoms with van der Waals surface area (Å²) in [5, 5.41) is 21.5. The first-order valence-corrected chi connectivity index (χ1v) is 9.14. The van der Waals surface area contributed by atoms with E-state index in [1.807, 2.05) is 4.90 Å². The van der Waals surface area contributed by atoms with E-state index in [2.05, 4.69) is 9.97 Å². The summed E-state index contributed by atoms with van der Waals surface area (Å²) in [6, 6.07) is 5.90. The third-order valence-corrected chi connectivity index (χ3v) is 4.89.